The van der Waals surface area contributed by atoms with Crippen molar-refractivity contribution in [3.63, 3.8) is 0 Å². The number of hydrogen-bond donors (Lipinski definition) is 1. The first kappa shape index (κ1) is 19.9. The first-order chi connectivity index (χ1) is 14.0. The van der Waals surface area contributed by atoms with Crippen LogP contribution in [0.3, 0.4) is 0 Å². The van der Waals surface area contributed by atoms with E-state index in [0.29, 0.717) is 21.7 Å². The Hall–Kier alpha value is -2.39. The van der Waals surface area contributed by atoms with Gasteiger partial charge in [0.1, 0.15) is 11.5 Å². The number of aromatic nitrogens is 1. The fourth-order valence-electron chi connectivity index (χ4n) is 3.57. The van der Waals surface area contributed by atoms with Gasteiger partial charge in [-0.3, -0.25) is 9.36 Å². The summed E-state index contributed by atoms with van der Waals surface area (Å²) in [6.45, 7) is 1.81. The van der Waals surface area contributed by atoms with Crippen molar-refractivity contribution in [3.8, 4) is 0 Å². The van der Waals surface area contributed by atoms with E-state index in [9.17, 15) is 14.4 Å². The smallest absolute Gasteiger partial charge is 0.420 e. The van der Waals surface area contributed by atoms with Crippen LogP contribution in [0, 0.1) is 0 Å². The van der Waals surface area contributed by atoms with E-state index in [1.54, 1.807) is 25.1 Å². The summed E-state index contributed by atoms with van der Waals surface area (Å²) in [5.41, 5.74) is 2.36. The minimum atomic E-state index is -0.607. The van der Waals surface area contributed by atoms with Crippen molar-refractivity contribution in [2.75, 3.05) is 11.9 Å². The fourth-order valence-corrected chi connectivity index (χ4v) is 5.21. The van der Waals surface area contributed by atoms with Gasteiger partial charge in [0.2, 0.25) is 5.91 Å². The van der Waals surface area contributed by atoms with Gasteiger partial charge in [0, 0.05) is 9.35 Å². The SMILES string of the molecule is CCOC(=O)c1c(NC(=O)Cn2c(=O)oc3cc(Br)ccc32)sc2c1CCCC2. The van der Waals surface area contributed by atoms with E-state index < -0.39 is 17.6 Å². The lowest BCUT2D eigenvalue weighted by molar-refractivity contribution is -0.116. The van der Waals surface area contributed by atoms with Crippen LogP contribution in [0.1, 0.15) is 40.6 Å². The number of anilines is 1. The van der Waals surface area contributed by atoms with Gasteiger partial charge in [0.25, 0.3) is 0 Å². The van der Waals surface area contributed by atoms with E-state index in [2.05, 4.69) is 21.2 Å². The Morgan fingerprint density at radius 3 is 2.90 bits per heavy atom. The Kier molecular flexibility index (Phi) is 5.60. The molecule has 152 valence electrons. The number of rotatable bonds is 5. The maximum absolute atomic E-state index is 12.7. The molecule has 2 heterocycles. The largest absolute Gasteiger partial charge is 0.462 e. The molecule has 0 saturated carbocycles. The maximum atomic E-state index is 12.7. The molecular formula is C20H19BrN2O5S. The second kappa shape index (κ2) is 8.16. The molecule has 1 amide bonds. The lowest BCUT2D eigenvalue weighted by Crippen LogP contribution is -2.25. The molecule has 4 rings (SSSR count). The van der Waals surface area contributed by atoms with Crippen LogP contribution >= 0.6 is 27.3 Å². The lowest BCUT2D eigenvalue weighted by Gasteiger charge is -2.12. The molecule has 1 aliphatic carbocycles. The van der Waals surface area contributed by atoms with Gasteiger partial charge in [-0.25, -0.2) is 9.59 Å². The zero-order chi connectivity index (χ0) is 20.5. The van der Waals surface area contributed by atoms with Gasteiger partial charge in [-0.2, -0.15) is 0 Å². The van der Waals surface area contributed by atoms with Crippen LogP contribution in [-0.2, 0) is 28.9 Å². The Labute approximate surface area is 178 Å². The van der Waals surface area contributed by atoms with E-state index in [-0.39, 0.29) is 13.2 Å². The Balaban J connectivity index is 1.62. The van der Waals surface area contributed by atoms with Gasteiger partial charge in [-0.15, -0.1) is 11.3 Å². The Morgan fingerprint density at radius 1 is 1.31 bits per heavy atom. The monoisotopic (exact) mass is 478 g/mol. The molecule has 0 fully saturated rings. The Bertz CT molecular complexity index is 1160. The number of carbonyl (C=O) groups is 2. The van der Waals surface area contributed by atoms with Crippen LogP contribution in [0.2, 0.25) is 0 Å². The molecule has 0 aliphatic heterocycles. The highest BCUT2D eigenvalue weighted by molar-refractivity contribution is 9.10. The number of carbonyl (C=O) groups excluding carboxylic acids is 2. The summed E-state index contributed by atoms with van der Waals surface area (Å²) in [5.74, 6) is -1.43. The number of benzene rings is 1. The molecule has 0 radical (unpaired) electrons. The van der Waals surface area contributed by atoms with Crippen molar-refractivity contribution in [2.24, 2.45) is 0 Å². The van der Waals surface area contributed by atoms with Gasteiger partial charge in [0.15, 0.2) is 5.58 Å². The molecular weight excluding hydrogens is 460 g/mol. The van der Waals surface area contributed by atoms with E-state index in [1.807, 2.05) is 0 Å². The average molecular weight is 479 g/mol. The molecule has 7 nitrogen and oxygen atoms in total. The molecule has 2 aromatic heterocycles. The van der Waals surface area contributed by atoms with Crippen molar-refractivity contribution < 1.29 is 18.7 Å². The fraction of sp³-hybridized carbons (Fsp3) is 0.350. The summed E-state index contributed by atoms with van der Waals surface area (Å²) < 4.78 is 12.5. The third kappa shape index (κ3) is 3.89. The number of hydrogen-bond acceptors (Lipinski definition) is 6. The van der Waals surface area contributed by atoms with Gasteiger partial charge >= 0.3 is 11.7 Å². The van der Waals surface area contributed by atoms with E-state index in [0.717, 1.165) is 40.6 Å². The highest BCUT2D eigenvalue weighted by atomic mass is 79.9. The summed E-state index contributed by atoms with van der Waals surface area (Å²) in [5, 5.41) is 3.31. The molecule has 3 aromatic rings. The predicted molar refractivity (Wildman–Crippen MR) is 114 cm³/mol. The summed E-state index contributed by atoms with van der Waals surface area (Å²) >= 11 is 4.75. The molecule has 0 saturated heterocycles. The summed E-state index contributed by atoms with van der Waals surface area (Å²) in [6, 6.07) is 5.17. The molecule has 1 N–H and O–H groups in total. The van der Waals surface area contributed by atoms with Crippen LogP contribution in [0.5, 0.6) is 0 Å². The van der Waals surface area contributed by atoms with Crippen molar-refractivity contribution >= 4 is 55.2 Å². The molecule has 29 heavy (non-hydrogen) atoms. The van der Waals surface area contributed by atoms with Gasteiger partial charge in [0.05, 0.1) is 17.7 Å². The predicted octanol–water partition coefficient (Wildman–Crippen LogP) is 4.11. The van der Waals surface area contributed by atoms with E-state index in [4.69, 9.17) is 9.15 Å². The second-order valence-electron chi connectivity index (χ2n) is 6.75. The zero-order valence-corrected chi connectivity index (χ0v) is 18.2. The molecule has 1 aromatic carbocycles. The van der Waals surface area contributed by atoms with Gasteiger partial charge < -0.3 is 14.5 Å². The number of oxazole rings is 1. The quantitative estimate of drug-likeness (QED) is 0.557. The van der Waals surface area contributed by atoms with Crippen molar-refractivity contribution in [2.45, 2.75) is 39.2 Å². The molecule has 9 heteroatoms. The second-order valence-corrected chi connectivity index (χ2v) is 8.77. The molecule has 1 aliphatic rings. The number of thiophene rings is 1. The van der Waals surface area contributed by atoms with Crippen molar-refractivity contribution in [1.82, 2.24) is 4.57 Å². The number of aryl methyl sites for hydroxylation is 1. The van der Waals surface area contributed by atoms with Crippen LogP contribution < -0.4 is 11.1 Å². The molecule has 0 atom stereocenters. The summed E-state index contributed by atoms with van der Waals surface area (Å²) in [6.07, 6.45) is 3.77. The molecule has 0 spiro atoms. The normalized spacial score (nSPS) is 13.3. The summed E-state index contributed by atoms with van der Waals surface area (Å²) in [7, 11) is 0. The minimum Gasteiger partial charge on any atom is -0.462 e. The number of esters is 1. The highest BCUT2D eigenvalue weighted by Crippen LogP contribution is 2.38. The van der Waals surface area contributed by atoms with Crippen molar-refractivity contribution in [3.05, 3.63) is 49.2 Å². The Morgan fingerprint density at radius 2 is 2.10 bits per heavy atom. The highest BCUT2D eigenvalue weighted by Gasteiger charge is 2.27. The summed E-state index contributed by atoms with van der Waals surface area (Å²) in [4.78, 5) is 38.5. The van der Waals surface area contributed by atoms with Crippen LogP contribution in [0.4, 0.5) is 5.00 Å². The number of ether oxygens (including phenoxy) is 1. The number of nitrogens with zero attached hydrogens (tertiary/aromatic N) is 1. The van der Waals surface area contributed by atoms with Crippen LogP contribution in [0.15, 0.2) is 31.9 Å². The standard InChI is InChI=1S/C20H19BrN2O5S/c1-2-27-19(25)17-12-5-3-4-6-15(12)29-18(17)22-16(24)10-23-13-8-7-11(21)9-14(13)28-20(23)26/h7-9H,2-6,10H2,1H3,(H,22,24). The van der Waals surface area contributed by atoms with Crippen LogP contribution in [0.25, 0.3) is 11.1 Å². The maximum Gasteiger partial charge on any atom is 0.420 e. The molecule has 0 bridgehead atoms. The van der Waals surface area contributed by atoms with E-state index >= 15 is 0 Å². The average Bonchev–Trinajstić information content (AvgIpc) is 3.18. The number of nitrogens with one attached hydrogen (secondary N) is 1. The van der Waals surface area contributed by atoms with Crippen molar-refractivity contribution in [1.29, 1.82) is 0 Å². The van der Waals surface area contributed by atoms with Crippen LogP contribution in [-0.4, -0.2) is 23.1 Å². The lowest BCUT2D eigenvalue weighted by atomic mass is 9.95. The third-order valence-corrected chi connectivity index (χ3v) is 6.54. The number of fused-ring (bicyclic) bond motifs is 2. The van der Waals surface area contributed by atoms with E-state index in [1.165, 1.54) is 15.9 Å². The number of amides is 1. The van der Waals surface area contributed by atoms with Gasteiger partial charge in [-0.1, -0.05) is 15.9 Å². The number of halogens is 1. The minimum absolute atomic E-state index is 0.210. The third-order valence-electron chi connectivity index (χ3n) is 4.84. The zero-order valence-electron chi connectivity index (χ0n) is 15.7. The topological polar surface area (TPSA) is 90.5 Å². The first-order valence-electron chi connectivity index (χ1n) is 9.38. The van der Waals surface area contributed by atoms with Gasteiger partial charge in [-0.05, 0) is 56.4 Å². The first-order valence-corrected chi connectivity index (χ1v) is 11.0. The molecule has 0 unspecified atom stereocenters.